The molecule has 0 heterocycles. The second-order valence-electron chi connectivity index (χ2n) is 4.28. The number of halogens is 7. The molecule has 0 bridgehead atoms. The second-order valence-corrected chi connectivity index (χ2v) is 6.04. The zero-order chi connectivity index (χ0) is 18.1. The number of sulfonamides is 1. The zero-order valence-corrected chi connectivity index (χ0v) is 12.1. The van der Waals surface area contributed by atoms with Crippen LogP contribution in [-0.2, 0) is 10.0 Å². The highest BCUT2D eigenvalue weighted by Crippen LogP contribution is 2.46. The van der Waals surface area contributed by atoms with Gasteiger partial charge in [-0.3, -0.25) is 0 Å². The fourth-order valence-corrected chi connectivity index (χ4v) is 2.37. The van der Waals surface area contributed by atoms with Gasteiger partial charge in [-0.05, 0) is 24.3 Å². The highest BCUT2D eigenvalue weighted by atomic mass is 32.2. The van der Waals surface area contributed by atoms with E-state index in [-0.39, 0.29) is 5.75 Å². The van der Waals surface area contributed by atoms with Crippen molar-refractivity contribution in [2.45, 2.75) is 22.9 Å². The number of ether oxygens (including phenoxy) is 1. The Bertz CT molecular complexity index is 641. The number of hydrogen-bond acceptors (Lipinski definition) is 3. The Kier molecular flexibility index (Phi) is 5.21. The van der Waals surface area contributed by atoms with Crippen molar-refractivity contribution >= 4 is 10.0 Å². The first-order valence-electron chi connectivity index (χ1n) is 5.71. The maximum absolute atomic E-state index is 13.0. The van der Waals surface area contributed by atoms with E-state index in [0.717, 1.165) is 29.0 Å². The summed E-state index contributed by atoms with van der Waals surface area (Å²) in [7, 11) is -3.45. The summed E-state index contributed by atoms with van der Waals surface area (Å²) in [6, 6.07) is 4.08. The Balaban J connectivity index is 2.94. The molecule has 132 valence electrons. The smallest absolute Gasteiger partial charge is 0.459 e. The molecule has 4 nitrogen and oxygen atoms in total. The molecule has 0 aliphatic heterocycles. The standard InChI is InChI=1S/C11H10F7NO3S/c1-22-7-2-4-8(5-3-7)23(20,21)19-6-9(12,13)10(14,15)11(16,17)18/h2-5,19H,6H2,1H3. The first-order valence-corrected chi connectivity index (χ1v) is 7.19. The number of hydrogen-bond donors (Lipinski definition) is 1. The molecule has 0 aliphatic carbocycles. The minimum absolute atomic E-state index is 0.220. The SMILES string of the molecule is COc1ccc(S(=O)(=O)NCC(F)(F)C(F)(F)C(F)(F)F)cc1. The van der Waals surface area contributed by atoms with Gasteiger partial charge in [0.05, 0.1) is 18.6 Å². The van der Waals surface area contributed by atoms with Crippen molar-refractivity contribution in [2.24, 2.45) is 0 Å². The van der Waals surface area contributed by atoms with E-state index < -0.39 is 39.5 Å². The number of benzene rings is 1. The number of alkyl halides is 7. The molecule has 23 heavy (non-hydrogen) atoms. The van der Waals surface area contributed by atoms with Gasteiger partial charge in [0.2, 0.25) is 10.0 Å². The lowest BCUT2D eigenvalue weighted by Gasteiger charge is -2.28. The summed E-state index contributed by atoms with van der Waals surface area (Å²) in [5, 5.41) is 0. The molecule has 0 atom stereocenters. The summed E-state index contributed by atoms with van der Waals surface area (Å²) in [5.74, 6) is -11.8. The minimum atomic E-state index is -6.53. The van der Waals surface area contributed by atoms with Crippen LogP contribution in [0.3, 0.4) is 0 Å². The minimum Gasteiger partial charge on any atom is -0.497 e. The average Bonchev–Trinajstić information content (AvgIpc) is 2.44. The van der Waals surface area contributed by atoms with Gasteiger partial charge < -0.3 is 4.74 Å². The molecule has 0 unspecified atom stereocenters. The third kappa shape index (κ3) is 4.05. The van der Waals surface area contributed by atoms with Gasteiger partial charge in [0.1, 0.15) is 5.75 Å². The van der Waals surface area contributed by atoms with Crippen LogP contribution in [0.5, 0.6) is 5.75 Å². The van der Waals surface area contributed by atoms with Gasteiger partial charge in [0.25, 0.3) is 0 Å². The summed E-state index contributed by atoms with van der Waals surface area (Å²) < 4.78 is 116. The van der Waals surface area contributed by atoms with Crippen LogP contribution in [0.25, 0.3) is 0 Å². The van der Waals surface area contributed by atoms with Crippen LogP contribution in [0, 0.1) is 0 Å². The summed E-state index contributed by atoms with van der Waals surface area (Å²) in [6.45, 7) is -2.42. The molecule has 0 amide bonds. The van der Waals surface area contributed by atoms with Crippen LogP contribution in [0.15, 0.2) is 29.2 Å². The molecule has 0 radical (unpaired) electrons. The zero-order valence-electron chi connectivity index (χ0n) is 11.3. The molecule has 12 heteroatoms. The van der Waals surface area contributed by atoms with E-state index in [2.05, 4.69) is 0 Å². The molecule has 0 aliphatic rings. The van der Waals surface area contributed by atoms with Crippen molar-refractivity contribution in [1.82, 2.24) is 4.72 Å². The normalized spacial score (nSPS) is 13.9. The lowest BCUT2D eigenvalue weighted by atomic mass is 10.1. The summed E-state index contributed by atoms with van der Waals surface area (Å²) in [4.78, 5) is -0.607. The van der Waals surface area contributed by atoms with Gasteiger partial charge in [-0.25, -0.2) is 13.1 Å². The van der Waals surface area contributed by atoms with Crippen molar-refractivity contribution in [2.75, 3.05) is 13.7 Å². The summed E-state index contributed by atoms with van der Waals surface area (Å²) in [5.41, 5.74) is 0. The van der Waals surface area contributed by atoms with Crippen LogP contribution in [0.2, 0.25) is 0 Å². The Morgan fingerprint density at radius 3 is 1.87 bits per heavy atom. The molecule has 1 aromatic rings. The number of methoxy groups -OCH3 is 1. The maximum Gasteiger partial charge on any atom is 0.459 e. The van der Waals surface area contributed by atoms with Gasteiger partial charge in [0, 0.05) is 0 Å². The van der Waals surface area contributed by atoms with E-state index in [1.54, 1.807) is 0 Å². The van der Waals surface area contributed by atoms with Gasteiger partial charge in [-0.15, -0.1) is 0 Å². The molecule has 0 aromatic heterocycles. The predicted octanol–water partition coefficient (Wildman–Crippen LogP) is 2.81. The molecule has 0 saturated heterocycles. The highest BCUT2D eigenvalue weighted by molar-refractivity contribution is 7.89. The number of rotatable bonds is 6. The first kappa shape index (κ1) is 19.5. The fraction of sp³-hybridized carbons (Fsp3) is 0.455. The second kappa shape index (κ2) is 6.15. The summed E-state index contributed by atoms with van der Waals surface area (Å²) >= 11 is 0. The molecule has 1 rings (SSSR count). The van der Waals surface area contributed by atoms with Crippen LogP contribution in [-0.4, -0.2) is 40.1 Å². The molecule has 0 saturated carbocycles. The lowest BCUT2D eigenvalue weighted by Crippen LogP contribution is -2.56. The molecular formula is C11H10F7NO3S. The molecular weight excluding hydrogens is 359 g/mol. The maximum atomic E-state index is 13.0. The Morgan fingerprint density at radius 2 is 1.48 bits per heavy atom. The fourth-order valence-electron chi connectivity index (χ4n) is 1.34. The lowest BCUT2D eigenvalue weighted by molar-refractivity contribution is -0.352. The number of nitrogens with one attached hydrogen (secondary N) is 1. The quantitative estimate of drug-likeness (QED) is 0.785. The largest absolute Gasteiger partial charge is 0.497 e. The van der Waals surface area contributed by atoms with Gasteiger partial charge >= 0.3 is 18.0 Å². The van der Waals surface area contributed by atoms with Gasteiger partial charge in [-0.1, -0.05) is 0 Å². The van der Waals surface area contributed by atoms with Crippen LogP contribution < -0.4 is 9.46 Å². The summed E-state index contributed by atoms with van der Waals surface area (Å²) in [6.07, 6.45) is -6.53. The van der Waals surface area contributed by atoms with Crippen molar-refractivity contribution < 1.29 is 43.9 Å². The third-order valence-corrected chi connectivity index (χ3v) is 4.09. The van der Waals surface area contributed by atoms with Gasteiger partial charge in [0.15, 0.2) is 0 Å². The third-order valence-electron chi connectivity index (χ3n) is 2.67. The predicted molar refractivity (Wildman–Crippen MR) is 64.1 cm³/mol. The average molecular weight is 369 g/mol. The van der Waals surface area contributed by atoms with E-state index in [0.29, 0.717) is 0 Å². The van der Waals surface area contributed by atoms with Crippen molar-refractivity contribution in [3.63, 3.8) is 0 Å². The van der Waals surface area contributed by atoms with Crippen LogP contribution in [0.4, 0.5) is 30.7 Å². The Hall–Kier alpha value is -1.56. The van der Waals surface area contributed by atoms with Crippen LogP contribution >= 0.6 is 0 Å². The monoisotopic (exact) mass is 369 g/mol. The first-order chi connectivity index (χ1) is 10.2. The van der Waals surface area contributed by atoms with Crippen molar-refractivity contribution in [3.8, 4) is 5.75 Å². The van der Waals surface area contributed by atoms with E-state index >= 15 is 0 Å². The van der Waals surface area contributed by atoms with Crippen molar-refractivity contribution in [1.29, 1.82) is 0 Å². The van der Waals surface area contributed by atoms with E-state index in [1.807, 2.05) is 0 Å². The highest BCUT2D eigenvalue weighted by Gasteiger charge is 2.72. The molecule has 1 N–H and O–H groups in total. The molecule has 1 aromatic carbocycles. The Labute approximate surface area is 126 Å². The van der Waals surface area contributed by atoms with E-state index in [9.17, 15) is 39.2 Å². The van der Waals surface area contributed by atoms with Crippen LogP contribution in [0.1, 0.15) is 0 Å². The topological polar surface area (TPSA) is 55.4 Å². The van der Waals surface area contributed by atoms with Crippen molar-refractivity contribution in [3.05, 3.63) is 24.3 Å². The molecule has 0 spiro atoms. The van der Waals surface area contributed by atoms with E-state index in [1.165, 1.54) is 7.11 Å². The van der Waals surface area contributed by atoms with E-state index in [4.69, 9.17) is 4.74 Å². The Morgan fingerprint density at radius 1 is 1.00 bits per heavy atom. The molecule has 0 fully saturated rings. The van der Waals surface area contributed by atoms with Gasteiger partial charge in [-0.2, -0.15) is 30.7 Å².